The van der Waals surface area contributed by atoms with Crippen molar-refractivity contribution >= 4 is 35.2 Å². The standard InChI is InChI=1S/C23H24Cl2N2O5/c1-4-11-31-22(28)19-13(2)26-23(29)27-20(19)14-7-5-10-18(30-3)21(14)32-12-15-16(24)8-6-9-17(15)25/h5-10,20H,4,11-12H2,1-3H3,(H2,26,27,29). The van der Waals surface area contributed by atoms with Gasteiger partial charge in [0.2, 0.25) is 0 Å². The van der Waals surface area contributed by atoms with Crippen LogP contribution in [0.1, 0.15) is 37.4 Å². The Kier molecular flexibility index (Phi) is 7.88. The van der Waals surface area contributed by atoms with E-state index in [2.05, 4.69) is 10.6 Å². The van der Waals surface area contributed by atoms with Gasteiger partial charge in [-0.2, -0.15) is 0 Å². The van der Waals surface area contributed by atoms with Gasteiger partial charge in [-0.15, -0.1) is 0 Å². The molecule has 1 heterocycles. The molecule has 2 N–H and O–H groups in total. The molecule has 1 aliphatic rings. The first-order valence-corrected chi connectivity index (χ1v) is 10.8. The molecule has 0 fully saturated rings. The highest BCUT2D eigenvalue weighted by atomic mass is 35.5. The lowest BCUT2D eigenvalue weighted by molar-refractivity contribution is -0.139. The summed E-state index contributed by atoms with van der Waals surface area (Å²) in [6, 6.07) is 9.16. The lowest BCUT2D eigenvalue weighted by atomic mass is 9.94. The van der Waals surface area contributed by atoms with E-state index in [4.69, 9.17) is 37.4 Å². The van der Waals surface area contributed by atoms with Gasteiger partial charge in [-0.25, -0.2) is 9.59 Å². The minimum atomic E-state index is -0.806. The van der Waals surface area contributed by atoms with Crippen LogP contribution in [0.3, 0.4) is 0 Å². The number of benzene rings is 2. The Labute approximate surface area is 196 Å². The van der Waals surface area contributed by atoms with Crippen molar-refractivity contribution in [2.75, 3.05) is 13.7 Å². The molecule has 0 saturated heterocycles. The number of carbonyl (C=O) groups is 2. The third-order valence-corrected chi connectivity index (χ3v) is 5.60. The molecule has 0 aliphatic carbocycles. The molecule has 2 aromatic rings. The fraction of sp³-hybridized carbons (Fsp3) is 0.304. The Bertz CT molecular complexity index is 1030. The normalized spacial score (nSPS) is 15.7. The van der Waals surface area contributed by atoms with Crippen LogP contribution in [0.4, 0.5) is 4.79 Å². The van der Waals surface area contributed by atoms with Crippen molar-refractivity contribution in [2.24, 2.45) is 0 Å². The molecule has 0 spiro atoms. The molecule has 0 saturated carbocycles. The van der Waals surface area contributed by atoms with E-state index in [0.717, 1.165) is 0 Å². The average molecular weight is 479 g/mol. The average Bonchev–Trinajstić information content (AvgIpc) is 2.76. The number of methoxy groups -OCH3 is 1. The van der Waals surface area contributed by atoms with Gasteiger partial charge in [0.15, 0.2) is 11.5 Å². The highest BCUT2D eigenvalue weighted by molar-refractivity contribution is 6.35. The second-order valence-electron chi connectivity index (χ2n) is 7.07. The van der Waals surface area contributed by atoms with Crippen LogP contribution in [-0.2, 0) is 16.1 Å². The summed E-state index contributed by atoms with van der Waals surface area (Å²) < 4.78 is 16.9. The maximum absolute atomic E-state index is 12.8. The van der Waals surface area contributed by atoms with Gasteiger partial charge in [0.1, 0.15) is 6.61 Å². The molecular formula is C23H24Cl2N2O5. The summed E-state index contributed by atoms with van der Waals surface area (Å²) in [5.74, 6) is 0.258. The molecular weight excluding hydrogens is 455 g/mol. The lowest BCUT2D eigenvalue weighted by Crippen LogP contribution is -2.45. The van der Waals surface area contributed by atoms with E-state index in [-0.39, 0.29) is 18.8 Å². The van der Waals surface area contributed by atoms with E-state index < -0.39 is 18.0 Å². The van der Waals surface area contributed by atoms with E-state index in [1.54, 1.807) is 43.3 Å². The predicted octanol–water partition coefficient (Wildman–Crippen LogP) is 5.16. The van der Waals surface area contributed by atoms with Crippen molar-refractivity contribution in [1.82, 2.24) is 10.6 Å². The van der Waals surface area contributed by atoms with Crippen molar-refractivity contribution in [3.63, 3.8) is 0 Å². The second-order valence-corrected chi connectivity index (χ2v) is 7.89. The number of hydrogen-bond donors (Lipinski definition) is 2. The van der Waals surface area contributed by atoms with Gasteiger partial charge >= 0.3 is 12.0 Å². The van der Waals surface area contributed by atoms with Crippen molar-refractivity contribution in [3.8, 4) is 11.5 Å². The quantitative estimate of drug-likeness (QED) is 0.511. The van der Waals surface area contributed by atoms with E-state index in [1.165, 1.54) is 7.11 Å². The van der Waals surface area contributed by atoms with Crippen molar-refractivity contribution in [3.05, 3.63) is 68.8 Å². The Morgan fingerprint density at radius 1 is 1.12 bits per heavy atom. The molecule has 2 aromatic carbocycles. The number of nitrogens with one attached hydrogen (secondary N) is 2. The predicted molar refractivity (Wildman–Crippen MR) is 122 cm³/mol. The molecule has 9 heteroatoms. The molecule has 1 atom stereocenters. The number of allylic oxidation sites excluding steroid dienone is 1. The number of amides is 2. The molecule has 3 rings (SSSR count). The van der Waals surface area contributed by atoms with Gasteiger partial charge in [0, 0.05) is 26.9 Å². The number of esters is 1. The molecule has 0 radical (unpaired) electrons. The van der Waals surface area contributed by atoms with Gasteiger partial charge < -0.3 is 24.8 Å². The number of rotatable bonds is 8. The Morgan fingerprint density at radius 2 is 1.81 bits per heavy atom. The monoisotopic (exact) mass is 478 g/mol. The van der Waals surface area contributed by atoms with Crippen LogP contribution in [0.2, 0.25) is 10.0 Å². The lowest BCUT2D eigenvalue weighted by Gasteiger charge is -2.29. The van der Waals surface area contributed by atoms with Crippen LogP contribution < -0.4 is 20.1 Å². The summed E-state index contributed by atoms with van der Waals surface area (Å²) in [6.45, 7) is 3.88. The molecule has 0 aromatic heterocycles. The van der Waals surface area contributed by atoms with E-state index in [9.17, 15) is 9.59 Å². The van der Waals surface area contributed by atoms with Gasteiger partial charge in [-0.05, 0) is 31.5 Å². The van der Waals surface area contributed by atoms with Crippen molar-refractivity contribution in [1.29, 1.82) is 0 Å². The fourth-order valence-corrected chi connectivity index (χ4v) is 3.87. The number of halogens is 2. The fourth-order valence-electron chi connectivity index (χ4n) is 3.36. The second kappa shape index (κ2) is 10.6. The van der Waals surface area contributed by atoms with Gasteiger partial charge in [-0.3, -0.25) is 0 Å². The van der Waals surface area contributed by atoms with Gasteiger partial charge in [0.05, 0.1) is 25.3 Å². The molecule has 32 heavy (non-hydrogen) atoms. The molecule has 1 aliphatic heterocycles. The Morgan fingerprint density at radius 3 is 2.47 bits per heavy atom. The molecule has 1 unspecified atom stereocenters. The van der Waals surface area contributed by atoms with Crippen LogP contribution in [-0.4, -0.2) is 25.7 Å². The van der Waals surface area contributed by atoms with Crippen LogP contribution in [0, 0.1) is 0 Å². The first-order chi connectivity index (χ1) is 15.4. The summed E-state index contributed by atoms with van der Waals surface area (Å²) in [5, 5.41) is 6.34. The zero-order valence-corrected chi connectivity index (χ0v) is 19.5. The smallest absolute Gasteiger partial charge is 0.338 e. The molecule has 2 amide bonds. The van der Waals surface area contributed by atoms with Gasteiger partial charge in [-0.1, -0.05) is 48.3 Å². The highest BCUT2D eigenvalue weighted by Gasteiger charge is 2.34. The first kappa shape index (κ1) is 23.8. The zero-order chi connectivity index (χ0) is 23.3. The summed E-state index contributed by atoms with van der Waals surface area (Å²) in [5.41, 5.74) is 1.83. The van der Waals surface area contributed by atoms with Gasteiger partial charge in [0.25, 0.3) is 0 Å². The Hall–Kier alpha value is -2.90. The third-order valence-electron chi connectivity index (χ3n) is 4.89. The minimum Gasteiger partial charge on any atom is -0.493 e. The van der Waals surface area contributed by atoms with E-state index in [1.807, 2.05) is 6.92 Å². The van der Waals surface area contributed by atoms with Crippen molar-refractivity contribution < 1.29 is 23.8 Å². The highest BCUT2D eigenvalue weighted by Crippen LogP contribution is 2.40. The maximum Gasteiger partial charge on any atom is 0.338 e. The van der Waals surface area contributed by atoms with E-state index >= 15 is 0 Å². The minimum absolute atomic E-state index is 0.0586. The number of urea groups is 1. The zero-order valence-electron chi connectivity index (χ0n) is 18.0. The summed E-state index contributed by atoms with van der Waals surface area (Å²) in [6.07, 6.45) is 0.675. The number of carbonyl (C=O) groups excluding carboxylic acids is 2. The molecule has 0 bridgehead atoms. The largest absolute Gasteiger partial charge is 0.493 e. The third kappa shape index (κ3) is 5.11. The van der Waals surface area contributed by atoms with Crippen LogP contribution in [0.5, 0.6) is 11.5 Å². The molecule has 170 valence electrons. The topological polar surface area (TPSA) is 85.9 Å². The maximum atomic E-state index is 12.8. The Balaban J connectivity index is 2.03. The number of para-hydroxylation sites is 1. The van der Waals surface area contributed by atoms with Crippen LogP contribution >= 0.6 is 23.2 Å². The summed E-state index contributed by atoms with van der Waals surface area (Å²) >= 11 is 12.6. The number of hydrogen-bond acceptors (Lipinski definition) is 5. The van der Waals surface area contributed by atoms with Crippen LogP contribution in [0.15, 0.2) is 47.7 Å². The first-order valence-electron chi connectivity index (χ1n) is 10.0. The van der Waals surface area contributed by atoms with Crippen molar-refractivity contribution in [2.45, 2.75) is 32.9 Å². The molecule has 7 nitrogen and oxygen atoms in total. The summed E-state index contributed by atoms with van der Waals surface area (Å²) in [4.78, 5) is 25.1. The SMILES string of the molecule is CCCOC(=O)C1=C(C)NC(=O)NC1c1cccc(OC)c1OCc1c(Cl)cccc1Cl. The number of ether oxygens (including phenoxy) is 3. The van der Waals surface area contributed by atoms with E-state index in [0.29, 0.717) is 44.8 Å². The summed E-state index contributed by atoms with van der Waals surface area (Å²) in [7, 11) is 1.51. The van der Waals surface area contributed by atoms with Crippen LogP contribution in [0.25, 0.3) is 0 Å².